The first-order valence-electron chi connectivity index (χ1n) is 8.94. The third-order valence-electron chi connectivity index (χ3n) is 5.37. The molecule has 1 aliphatic carbocycles. The van der Waals surface area contributed by atoms with Gasteiger partial charge in [0, 0.05) is 0 Å². The van der Waals surface area contributed by atoms with Crippen LogP contribution >= 0.6 is 0 Å². The summed E-state index contributed by atoms with van der Waals surface area (Å²) in [5, 5.41) is 8.92. The summed E-state index contributed by atoms with van der Waals surface area (Å²) in [6.45, 7) is 2.10. The van der Waals surface area contributed by atoms with E-state index in [4.69, 9.17) is 10.00 Å². The van der Waals surface area contributed by atoms with E-state index in [9.17, 15) is 4.79 Å². The van der Waals surface area contributed by atoms with Crippen molar-refractivity contribution in [3.63, 3.8) is 0 Å². The second-order valence-electron chi connectivity index (χ2n) is 6.80. The molecule has 3 nitrogen and oxygen atoms in total. The fourth-order valence-corrected chi connectivity index (χ4v) is 3.66. The molecule has 1 aliphatic rings. The molecule has 0 amide bonds. The standard InChI is InChI=1S/C22H23NO2/c1-2-22(25-21(24)20-6-4-3-5-7-20)14-12-19(13-15-22)18-10-8-17(16-23)9-11-18/h3-11,19H,2,12-15H2,1H3. The summed E-state index contributed by atoms with van der Waals surface area (Å²) in [5.41, 5.74) is 2.23. The minimum absolute atomic E-state index is 0.223. The average molecular weight is 333 g/mol. The summed E-state index contributed by atoms with van der Waals surface area (Å²) in [4.78, 5) is 12.4. The molecule has 0 aliphatic heterocycles. The van der Waals surface area contributed by atoms with E-state index in [1.54, 1.807) is 12.1 Å². The fourth-order valence-electron chi connectivity index (χ4n) is 3.66. The van der Waals surface area contributed by atoms with Crippen LogP contribution in [-0.4, -0.2) is 11.6 Å². The molecule has 3 rings (SSSR count). The maximum absolute atomic E-state index is 12.4. The molecular weight excluding hydrogens is 310 g/mol. The largest absolute Gasteiger partial charge is 0.455 e. The number of nitrogens with zero attached hydrogens (tertiary/aromatic N) is 1. The Kier molecular flexibility index (Phi) is 5.19. The third-order valence-corrected chi connectivity index (χ3v) is 5.37. The van der Waals surface area contributed by atoms with Crippen molar-refractivity contribution in [1.29, 1.82) is 5.26 Å². The van der Waals surface area contributed by atoms with Crippen molar-refractivity contribution >= 4 is 5.97 Å². The number of carbonyl (C=O) groups excluding carboxylic acids is 1. The molecule has 0 radical (unpaired) electrons. The van der Waals surface area contributed by atoms with Crippen LogP contribution in [-0.2, 0) is 4.74 Å². The lowest BCUT2D eigenvalue weighted by Gasteiger charge is -2.39. The van der Waals surface area contributed by atoms with Crippen molar-refractivity contribution < 1.29 is 9.53 Å². The maximum Gasteiger partial charge on any atom is 0.338 e. The van der Waals surface area contributed by atoms with E-state index in [0.29, 0.717) is 17.0 Å². The quantitative estimate of drug-likeness (QED) is 0.721. The third kappa shape index (κ3) is 3.91. The number of hydrogen-bond acceptors (Lipinski definition) is 3. The predicted molar refractivity (Wildman–Crippen MR) is 97.2 cm³/mol. The van der Waals surface area contributed by atoms with Gasteiger partial charge < -0.3 is 4.74 Å². The summed E-state index contributed by atoms with van der Waals surface area (Å²) in [6.07, 6.45) is 4.61. The normalized spacial score (nSPS) is 22.8. The van der Waals surface area contributed by atoms with Crippen LogP contribution in [0, 0.1) is 11.3 Å². The molecule has 128 valence electrons. The molecule has 0 saturated heterocycles. The Labute approximate surface area is 149 Å². The molecule has 0 spiro atoms. The lowest BCUT2D eigenvalue weighted by Crippen LogP contribution is -2.38. The summed E-state index contributed by atoms with van der Waals surface area (Å²) in [5.74, 6) is 0.252. The highest BCUT2D eigenvalue weighted by molar-refractivity contribution is 5.89. The first-order valence-corrected chi connectivity index (χ1v) is 8.94. The van der Waals surface area contributed by atoms with Crippen molar-refractivity contribution in [2.45, 2.75) is 50.5 Å². The molecule has 0 atom stereocenters. The Hall–Kier alpha value is -2.60. The van der Waals surface area contributed by atoms with Crippen LogP contribution in [0.15, 0.2) is 54.6 Å². The van der Waals surface area contributed by atoms with Crippen molar-refractivity contribution in [3.8, 4) is 6.07 Å². The summed E-state index contributed by atoms with van der Waals surface area (Å²) < 4.78 is 5.95. The van der Waals surface area contributed by atoms with Gasteiger partial charge in [-0.2, -0.15) is 5.26 Å². The van der Waals surface area contributed by atoms with E-state index in [1.165, 1.54) is 5.56 Å². The van der Waals surface area contributed by atoms with E-state index in [0.717, 1.165) is 32.1 Å². The fraction of sp³-hybridized carbons (Fsp3) is 0.364. The predicted octanol–water partition coefficient (Wildman–Crippen LogP) is 5.22. The van der Waals surface area contributed by atoms with Crippen molar-refractivity contribution in [2.24, 2.45) is 0 Å². The van der Waals surface area contributed by atoms with Gasteiger partial charge in [0.15, 0.2) is 0 Å². The summed E-state index contributed by atoms with van der Waals surface area (Å²) in [7, 11) is 0. The molecule has 1 fully saturated rings. The van der Waals surface area contributed by atoms with Crippen LogP contribution in [0.1, 0.15) is 66.4 Å². The highest BCUT2D eigenvalue weighted by Gasteiger charge is 2.37. The number of nitriles is 1. The number of esters is 1. The maximum atomic E-state index is 12.4. The average Bonchev–Trinajstić information content (AvgIpc) is 2.69. The van der Waals surface area contributed by atoms with Gasteiger partial charge in [0.05, 0.1) is 17.2 Å². The van der Waals surface area contributed by atoms with Crippen LogP contribution < -0.4 is 0 Å². The zero-order valence-corrected chi connectivity index (χ0v) is 14.6. The summed E-state index contributed by atoms with van der Waals surface area (Å²) in [6, 6.07) is 19.2. The van der Waals surface area contributed by atoms with Gasteiger partial charge in [0.2, 0.25) is 0 Å². The number of rotatable bonds is 4. The molecule has 0 heterocycles. The number of hydrogen-bond donors (Lipinski definition) is 0. The molecule has 0 unspecified atom stereocenters. The van der Waals surface area contributed by atoms with Crippen LogP contribution in [0.5, 0.6) is 0 Å². The first kappa shape index (κ1) is 17.2. The van der Waals surface area contributed by atoms with Gasteiger partial charge in [0.25, 0.3) is 0 Å². The Bertz CT molecular complexity index is 751. The second-order valence-corrected chi connectivity index (χ2v) is 6.80. The van der Waals surface area contributed by atoms with Crippen LogP contribution in [0.3, 0.4) is 0 Å². The van der Waals surface area contributed by atoms with Crippen molar-refractivity contribution in [1.82, 2.24) is 0 Å². The van der Waals surface area contributed by atoms with Gasteiger partial charge in [-0.15, -0.1) is 0 Å². The Morgan fingerprint density at radius 3 is 2.32 bits per heavy atom. The van der Waals surface area contributed by atoms with Crippen molar-refractivity contribution in [3.05, 3.63) is 71.3 Å². The Balaban J connectivity index is 1.65. The first-order chi connectivity index (χ1) is 12.2. The number of carbonyl (C=O) groups is 1. The monoisotopic (exact) mass is 333 g/mol. The molecule has 3 heteroatoms. The molecule has 0 N–H and O–H groups in total. The van der Waals surface area contributed by atoms with Gasteiger partial charge in [-0.25, -0.2) is 4.79 Å². The Morgan fingerprint density at radius 1 is 1.12 bits per heavy atom. The molecule has 25 heavy (non-hydrogen) atoms. The molecule has 1 saturated carbocycles. The molecule has 2 aromatic carbocycles. The van der Waals surface area contributed by atoms with Gasteiger partial charge in [-0.3, -0.25) is 0 Å². The van der Waals surface area contributed by atoms with Crippen molar-refractivity contribution in [2.75, 3.05) is 0 Å². The molecule has 0 aromatic heterocycles. The molecule has 0 bridgehead atoms. The number of benzene rings is 2. The van der Waals surface area contributed by atoms with Crippen LogP contribution in [0.2, 0.25) is 0 Å². The second kappa shape index (κ2) is 7.53. The highest BCUT2D eigenvalue weighted by atomic mass is 16.6. The number of ether oxygens (including phenoxy) is 1. The Morgan fingerprint density at radius 2 is 1.76 bits per heavy atom. The van der Waals surface area contributed by atoms with Gasteiger partial charge in [0.1, 0.15) is 5.60 Å². The lowest BCUT2D eigenvalue weighted by atomic mass is 9.74. The lowest BCUT2D eigenvalue weighted by molar-refractivity contribution is -0.0424. The van der Waals surface area contributed by atoms with Gasteiger partial charge in [-0.1, -0.05) is 37.3 Å². The molecular formula is C22H23NO2. The molecule has 2 aromatic rings. The summed E-state index contributed by atoms with van der Waals surface area (Å²) >= 11 is 0. The topological polar surface area (TPSA) is 50.1 Å². The van der Waals surface area contributed by atoms with E-state index >= 15 is 0 Å². The minimum atomic E-state index is -0.351. The van der Waals surface area contributed by atoms with Crippen LogP contribution in [0.4, 0.5) is 0 Å². The zero-order chi connectivity index (χ0) is 17.7. The van der Waals surface area contributed by atoms with E-state index in [-0.39, 0.29) is 11.6 Å². The van der Waals surface area contributed by atoms with Gasteiger partial charge >= 0.3 is 5.97 Å². The van der Waals surface area contributed by atoms with E-state index in [1.807, 2.05) is 30.3 Å². The minimum Gasteiger partial charge on any atom is -0.455 e. The SMILES string of the molecule is CCC1(OC(=O)c2ccccc2)CCC(c2ccc(C#N)cc2)CC1. The zero-order valence-electron chi connectivity index (χ0n) is 14.6. The van der Waals surface area contributed by atoms with Gasteiger partial charge in [-0.05, 0) is 67.9 Å². The van der Waals surface area contributed by atoms with E-state index < -0.39 is 0 Å². The van der Waals surface area contributed by atoms with E-state index in [2.05, 4.69) is 25.1 Å². The highest BCUT2D eigenvalue weighted by Crippen LogP contribution is 2.42. The smallest absolute Gasteiger partial charge is 0.338 e. The van der Waals surface area contributed by atoms with Crippen LogP contribution in [0.25, 0.3) is 0 Å².